The van der Waals surface area contributed by atoms with Crippen molar-refractivity contribution in [2.24, 2.45) is 0 Å². The van der Waals surface area contributed by atoms with E-state index < -0.39 is 0 Å². The molecular formula is C78H48N6. The van der Waals surface area contributed by atoms with Gasteiger partial charge in [-0.3, -0.25) is 9.13 Å². The van der Waals surface area contributed by atoms with Crippen LogP contribution in [0, 0.1) is 0 Å². The second kappa shape index (κ2) is 18.1. The predicted molar refractivity (Wildman–Crippen MR) is 351 cm³/mol. The standard InChI is InChI=1S/C78H48N6/c1-5-31-65-57(23-1)59-25-3-7-33-67(59)75-73(65)79-77(51-19-17-21-55(47-51)81-69-35-13-9-27-61(69)62-28-10-14-36-70(62)81)83(75)53-43-39-49(40-44-53)50-41-45-54(46-42-50)84-76-68-34-8-4-26-60(68)58-24-2-6-32-66(58)74(76)80-78(84)52-20-18-22-56(48-52)82-71-37-15-11-29-63(71)64-30-12-16-38-72(64)82/h1-48H. The largest absolute Gasteiger partial charge is 0.309 e. The first kappa shape index (κ1) is 46.4. The minimum absolute atomic E-state index is 0.885. The Morgan fingerprint density at radius 2 is 0.476 bits per heavy atom. The van der Waals surface area contributed by atoms with Gasteiger partial charge < -0.3 is 9.13 Å². The number of imidazole rings is 2. The molecule has 18 rings (SSSR count). The summed E-state index contributed by atoms with van der Waals surface area (Å²) >= 11 is 0. The van der Waals surface area contributed by atoms with Gasteiger partial charge in [0.15, 0.2) is 0 Å². The Morgan fingerprint density at radius 3 is 0.821 bits per heavy atom. The molecule has 0 atom stereocenters. The third kappa shape index (κ3) is 6.79. The molecule has 0 N–H and O–H groups in total. The van der Waals surface area contributed by atoms with Crippen molar-refractivity contribution in [2.75, 3.05) is 0 Å². The Bertz CT molecular complexity index is 5270. The molecule has 0 aliphatic rings. The molecule has 0 saturated heterocycles. The van der Waals surface area contributed by atoms with Crippen molar-refractivity contribution in [2.45, 2.75) is 0 Å². The molecule has 0 amide bonds. The van der Waals surface area contributed by atoms with Crippen molar-refractivity contribution in [1.29, 1.82) is 0 Å². The molecule has 390 valence electrons. The fraction of sp³-hybridized carbons (Fsp3) is 0. The molecule has 0 bridgehead atoms. The Kier molecular flexibility index (Phi) is 9.99. The molecule has 4 aromatic heterocycles. The minimum atomic E-state index is 0.885. The summed E-state index contributed by atoms with van der Waals surface area (Å²) in [4.78, 5) is 11.3. The lowest BCUT2D eigenvalue weighted by atomic mass is 9.99. The zero-order valence-corrected chi connectivity index (χ0v) is 45.4. The average molecular weight is 1070 g/mol. The molecule has 6 heteroatoms. The molecule has 6 nitrogen and oxygen atoms in total. The van der Waals surface area contributed by atoms with Crippen molar-refractivity contribution < 1.29 is 0 Å². The zero-order chi connectivity index (χ0) is 55.0. The maximum absolute atomic E-state index is 5.67. The van der Waals surface area contributed by atoms with Crippen LogP contribution >= 0.6 is 0 Å². The minimum Gasteiger partial charge on any atom is -0.309 e. The molecule has 84 heavy (non-hydrogen) atoms. The topological polar surface area (TPSA) is 45.5 Å². The van der Waals surface area contributed by atoms with E-state index in [1.165, 1.54) is 65.2 Å². The molecule has 0 saturated carbocycles. The summed E-state index contributed by atoms with van der Waals surface area (Å²) in [5, 5.41) is 14.3. The van der Waals surface area contributed by atoms with Gasteiger partial charge in [0.25, 0.3) is 0 Å². The number of aromatic nitrogens is 6. The van der Waals surface area contributed by atoms with Gasteiger partial charge >= 0.3 is 0 Å². The van der Waals surface area contributed by atoms with E-state index in [4.69, 9.17) is 9.97 Å². The quantitative estimate of drug-likeness (QED) is 0.149. The Morgan fingerprint density at radius 1 is 0.190 bits per heavy atom. The molecule has 0 fully saturated rings. The van der Waals surface area contributed by atoms with Crippen LogP contribution in [0.4, 0.5) is 0 Å². The first-order valence-electron chi connectivity index (χ1n) is 28.7. The van der Waals surface area contributed by atoms with Crippen LogP contribution in [0.1, 0.15) is 0 Å². The van der Waals surface area contributed by atoms with E-state index in [9.17, 15) is 0 Å². The van der Waals surface area contributed by atoms with Gasteiger partial charge in [-0.15, -0.1) is 0 Å². The highest BCUT2D eigenvalue weighted by molar-refractivity contribution is 6.25. The number of nitrogens with zero attached hydrogens (tertiary/aromatic N) is 6. The fourth-order valence-corrected chi connectivity index (χ4v) is 13.9. The van der Waals surface area contributed by atoms with Gasteiger partial charge in [0.05, 0.1) is 44.1 Å². The number of benzene rings is 14. The lowest BCUT2D eigenvalue weighted by molar-refractivity contribution is 1.10. The van der Waals surface area contributed by atoms with E-state index in [0.717, 1.165) is 100 Å². The summed E-state index contributed by atoms with van der Waals surface area (Å²) in [5.74, 6) is 1.77. The van der Waals surface area contributed by atoms with Crippen LogP contribution in [0.25, 0.3) is 165 Å². The third-order valence-corrected chi connectivity index (χ3v) is 17.5. The molecule has 18 aromatic rings. The predicted octanol–water partition coefficient (Wildman–Crippen LogP) is 20.2. The van der Waals surface area contributed by atoms with Gasteiger partial charge in [-0.25, -0.2) is 9.97 Å². The molecule has 14 aromatic carbocycles. The van der Waals surface area contributed by atoms with Crippen LogP contribution < -0.4 is 0 Å². The van der Waals surface area contributed by atoms with Gasteiger partial charge in [-0.05, 0) is 105 Å². The van der Waals surface area contributed by atoms with Crippen LogP contribution in [-0.2, 0) is 0 Å². The maximum atomic E-state index is 5.67. The molecule has 0 aliphatic heterocycles. The van der Waals surface area contributed by atoms with E-state index in [1.54, 1.807) is 0 Å². The van der Waals surface area contributed by atoms with Crippen molar-refractivity contribution >= 4 is 109 Å². The monoisotopic (exact) mass is 1070 g/mol. The van der Waals surface area contributed by atoms with Gasteiger partial charge in [0.2, 0.25) is 0 Å². The highest BCUT2D eigenvalue weighted by atomic mass is 15.1. The lowest BCUT2D eigenvalue weighted by Crippen LogP contribution is -2.00. The van der Waals surface area contributed by atoms with E-state index in [-0.39, 0.29) is 0 Å². The second-order valence-corrected chi connectivity index (χ2v) is 22.1. The summed E-state index contributed by atoms with van der Waals surface area (Å²) in [6, 6.07) is 106. The Hall–Kier alpha value is -11.3. The van der Waals surface area contributed by atoms with Crippen molar-refractivity contribution in [3.05, 3.63) is 291 Å². The van der Waals surface area contributed by atoms with Gasteiger partial charge in [0.1, 0.15) is 11.6 Å². The number of hydrogen-bond donors (Lipinski definition) is 0. The van der Waals surface area contributed by atoms with E-state index in [2.05, 4.69) is 309 Å². The fourth-order valence-electron chi connectivity index (χ4n) is 13.9. The van der Waals surface area contributed by atoms with E-state index in [0.29, 0.717) is 0 Å². The highest BCUT2D eigenvalue weighted by Gasteiger charge is 2.24. The molecule has 4 heterocycles. The first-order valence-corrected chi connectivity index (χ1v) is 28.7. The summed E-state index contributed by atoms with van der Waals surface area (Å²) in [6.45, 7) is 0. The first-order chi connectivity index (χ1) is 41.7. The zero-order valence-electron chi connectivity index (χ0n) is 45.4. The average Bonchev–Trinajstić information content (AvgIpc) is 4.43. The summed E-state index contributed by atoms with van der Waals surface area (Å²) < 4.78 is 9.55. The Balaban J connectivity index is 0.791. The van der Waals surface area contributed by atoms with Crippen LogP contribution in [0.2, 0.25) is 0 Å². The SMILES string of the molecule is c1cc(-c2nc3c4ccccc4c4ccccc4c3n2-c2ccc(-c3ccc(-n4c(-c5cccc(-n6c7ccccc7c7ccccc76)c5)nc5c6ccccc6c6ccccc6c54)cc3)cc2)cc(-n2c3ccccc3c3ccccc32)c1. The maximum Gasteiger partial charge on any atom is 0.145 e. The van der Waals surface area contributed by atoms with E-state index >= 15 is 0 Å². The molecule has 0 spiro atoms. The van der Waals surface area contributed by atoms with Crippen LogP contribution in [0.3, 0.4) is 0 Å². The number of rotatable bonds is 7. The lowest BCUT2D eigenvalue weighted by Gasteiger charge is -2.15. The molecule has 0 unspecified atom stereocenters. The van der Waals surface area contributed by atoms with Crippen LogP contribution in [-0.4, -0.2) is 28.2 Å². The number of fused-ring (bicyclic) bond motifs is 18. The number of hydrogen-bond acceptors (Lipinski definition) is 2. The number of para-hydroxylation sites is 4. The van der Waals surface area contributed by atoms with Crippen LogP contribution in [0.15, 0.2) is 291 Å². The highest BCUT2D eigenvalue weighted by Crippen LogP contribution is 2.43. The third-order valence-electron chi connectivity index (χ3n) is 17.5. The molecule has 0 aliphatic carbocycles. The smallest absolute Gasteiger partial charge is 0.145 e. The normalized spacial score (nSPS) is 12.0. The van der Waals surface area contributed by atoms with Crippen molar-refractivity contribution in [1.82, 2.24) is 28.2 Å². The van der Waals surface area contributed by atoms with Crippen molar-refractivity contribution in [3.63, 3.8) is 0 Å². The summed E-state index contributed by atoms with van der Waals surface area (Å²) in [6.07, 6.45) is 0. The van der Waals surface area contributed by atoms with Gasteiger partial charge in [-0.1, -0.05) is 218 Å². The van der Waals surface area contributed by atoms with Crippen LogP contribution in [0.5, 0.6) is 0 Å². The van der Waals surface area contributed by atoms with Crippen molar-refractivity contribution in [3.8, 4) is 56.7 Å². The second-order valence-electron chi connectivity index (χ2n) is 22.1. The Labute approximate surface area is 482 Å². The summed E-state index contributed by atoms with van der Waals surface area (Å²) in [5.41, 5.74) is 17.4. The molecule has 0 radical (unpaired) electrons. The van der Waals surface area contributed by atoms with Gasteiger partial charge in [0, 0.05) is 77.0 Å². The van der Waals surface area contributed by atoms with Gasteiger partial charge in [-0.2, -0.15) is 0 Å². The van der Waals surface area contributed by atoms with E-state index in [1.807, 2.05) is 0 Å². The molecular weight excluding hydrogens is 1020 g/mol. The summed E-state index contributed by atoms with van der Waals surface area (Å²) in [7, 11) is 0.